The Morgan fingerprint density at radius 3 is 2.71 bits per heavy atom. The Labute approximate surface area is 83.8 Å². The Hall–Kier alpha value is -1.13. The van der Waals surface area contributed by atoms with Crippen molar-refractivity contribution in [2.45, 2.75) is 13.5 Å². The molecule has 0 aliphatic heterocycles. The van der Waals surface area contributed by atoms with E-state index in [4.69, 9.17) is 10.2 Å². The first-order valence-electron chi connectivity index (χ1n) is 4.57. The van der Waals surface area contributed by atoms with Crippen molar-refractivity contribution < 1.29 is 10.2 Å². The molecule has 1 heterocycles. The first kappa shape index (κ1) is 10.9. The van der Waals surface area contributed by atoms with E-state index in [9.17, 15) is 0 Å². The van der Waals surface area contributed by atoms with E-state index < -0.39 is 0 Å². The molecule has 0 atom stereocenters. The summed E-state index contributed by atoms with van der Waals surface area (Å²) in [6.07, 6.45) is 1.67. The lowest BCUT2D eigenvalue weighted by atomic mass is 10.2. The average molecular weight is 196 g/mol. The lowest BCUT2D eigenvalue weighted by Crippen LogP contribution is -2.22. The summed E-state index contributed by atoms with van der Waals surface area (Å²) in [7, 11) is 1.88. The lowest BCUT2D eigenvalue weighted by molar-refractivity contribution is 0.280. The van der Waals surface area contributed by atoms with Crippen LogP contribution in [0.3, 0.4) is 0 Å². The van der Waals surface area contributed by atoms with Gasteiger partial charge in [0.2, 0.25) is 0 Å². The highest BCUT2D eigenvalue weighted by molar-refractivity contribution is 5.52. The second kappa shape index (κ2) is 4.93. The SMILES string of the molecule is Cc1cc(N(C)CCO)c(CO)cn1. The zero-order valence-corrected chi connectivity index (χ0v) is 8.56. The van der Waals surface area contributed by atoms with E-state index in [1.807, 2.05) is 24.9 Å². The van der Waals surface area contributed by atoms with Crippen LogP contribution in [0.5, 0.6) is 0 Å². The predicted molar refractivity (Wildman–Crippen MR) is 55.3 cm³/mol. The fraction of sp³-hybridized carbons (Fsp3) is 0.500. The summed E-state index contributed by atoms with van der Waals surface area (Å²) < 4.78 is 0. The second-order valence-electron chi connectivity index (χ2n) is 3.26. The molecule has 0 aliphatic rings. The van der Waals surface area contributed by atoms with Crippen LogP contribution >= 0.6 is 0 Å². The van der Waals surface area contributed by atoms with Gasteiger partial charge in [0.1, 0.15) is 0 Å². The van der Waals surface area contributed by atoms with Crippen molar-refractivity contribution in [3.8, 4) is 0 Å². The molecule has 0 radical (unpaired) electrons. The van der Waals surface area contributed by atoms with Gasteiger partial charge in [0.25, 0.3) is 0 Å². The average Bonchev–Trinajstić information content (AvgIpc) is 2.18. The molecular weight excluding hydrogens is 180 g/mol. The van der Waals surface area contributed by atoms with Gasteiger partial charge < -0.3 is 15.1 Å². The third kappa shape index (κ3) is 2.43. The van der Waals surface area contributed by atoms with Crippen LogP contribution in [-0.2, 0) is 6.61 Å². The molecule has 0 bridgehead atoms. The molecule has 1 aromatic rings. The standard InChI is InChI=1S/C10H16N2O2/c1-8-5-10(12(2)3-4-13)9(7-14)6-11-8/h5-6,13-14H,3-4,7H2,1-2H3. The molecule has 2 N–H and O–H groups in total. The lowest BCUT2D eigenvalue weighted by Gasteiger charge is -2.20. The maximum absolute atomic E-state index is 9.10. The number of rotatable bonds is 4. The van der Waals surface area contributed by atoms with Gasteiger partial charge in [-0.1, -0.05) is 0 Å². The van der Waals surface area contributed by atoms with Crippen LogP contribution in [0, 0.1) is 6.92 Å². The number of aryl methyl sites for hydroxylation is 1. The van der Waals surface area contributed by atoms with E-state index >= 15 is 0 Å². The molecular formula is C10H16N2O2. The molecule has 0 spiro atoms. The van der Waals surface area contributed by atoms with E-state index in [0.29, 0.717) is 6.54 Å². The fourth-order valence-electron chi connectivity index (χ4n) is 1.32. The summed E-state index contributed by atoms with van der Waals surface area (Å²) >= 11 is 0. The summed E-state index contributed by atoms with van der Waals surface area (Å²) in [6, 6.07) is 1.90. The molecule has 78 valence electrons. The molecule has 0 amide bonds. The van der Waals surface area contributed by atoms with Crippen LogP contribution in [0.15, 0.2) is 12.3 Å². The molecule has 0 saturated carbocycles. The van der Waals surface area contributed by atoms with Crippen LogP contribution in [0.1, 0.15) is 11.3 Å². The van der Waals surface area contributed by atoms with Gasteiger partial charge in [0, 0.05) is 36.7 Å². The Morgan fingerprint density at radius 2 is 2.14 bits per heavy atom. The summed E-state index contributed by atoms with van der Waals surface area (Å²) in [5.41, 5.74) is 2.61. The number of nitrogens with zero attached hydrogens (tertiary/aromatic N) is 2. The number of aliphatic hydroxyl groups excluding tert-OH is 2. The number of hydrogen-bond donors (Lipinski definition) is 2. The first-order chi connectivity index (χ1) is 6.69. The van der Waals surface area contributed by atoms with E-state index in [0.717, 1.165) is 16.9 Å². The summed E-state index contributed by atoms with van der Waals surface area (Å²) in [6.45, 7) is 2.52. The topological polar surface area (TPSA) is 56.6 Å². The Balaban J connectivity index is 2.97. The highest BCUT2D eigenvalue weighted by atomic mass is 16.3. The molecule has 1 rings (SSSR count). The number of pyridine rings is 1. The number of hydrogen-bond acceptors (Lipinski definition) is 4. The minimum atomic E-state index is -0.0294. The molecule has 1 aromatic heterocycles. The smallest absolute Gasteiger partial charge is 0.0717 e. The third-order valence-corrected chi connectivity index (χ3v) is 2.12. The first-order valence-corrected chi connectivity index (χ1v) is 4.57. The molecule has 4 nitrogen and oxygen atoms in total. The summed E-state index contributed by atoms with van der Waals surface area (Å²) in [4.78, 5) is 6.01. The second-order valence-corrected chi connectivity index (χ2v) is 3.26. The van der Waals surface area contributed by atoms with Gasteiger partial charge in [-0.25, -0.2) is 0 Å². The van der Waals surface area contributed by atoms with Gasteiger partial charge in [-0.15, -0.1) is 0 Å². The molecule has 4 heteroatoms. The Bertz CT molecular complexity index is 302. The quantitative estimate of drug-likeness (QED) is 0.727. The van der Waals surface area contributed by atoms with Gasteiger partial charge in [0.05, 0.1) is 13.2 Å². The van der Waals surface area contributed by atoms with Gasteiger partial charge in [-0.2, -0.15) is 0 Å². The number of anilines is 1. The van der Waals surface area contributed by atoms with Crippen LogP contribution in [0.2, 0.25) is 0 Å². The molecule has 0 aliphatic carbocycles. The van der Waals surface area contributed by atoms with Crippen molar-refractivity contribution in [1.82, 2.24) is 4.98 Å². The highest BCUT2D eigenvalue weighted by Crippen LogP contribution is 2.19. The third-order valence-electron chi connectivity index (χ3n) is 2.12. The highest BCUT2D eigenvalue weighted by Gasteiger charge is 2.06. The maximum Gasteiger partial charge on any atom is 0.0717 e. The van der Waals surface area contributed by atoms with Crippen molar-refractivity contribution in [3.63, 3.8) is 0 Å². The van der Waals surface area contributed by atoms with Gasteiger partial charge in [-0.3, -0.25) is 4.98 Å². The number of likely N-dealkylation sites (N-methyl/N-ethyl adjacent to an activating group) is 1. The Morgan fingerprint density at radius 1 is 1.43 bits per heavy atom. The van der Waals surface area contributed by atoms with Gasteiger partial charge in [-0.05, 0) is 13.0 Å². The number of aromatic nitrogens is 1. The zero-order valence-electron chi connectivity index (χ0n) is 8.56. The van der Waals surface area contributed by atoms with Crippen molar-refractivity contribution in [2.24, 2.45) is 0 Å². The van der Waals surface area contributed by atoms with E-state index in [1.165, 1.54) is 0 Å². The van der Waals surface area contributed by atoms with Crippen molar-refractivity contribution in [2.75, 3.05) is 25.1 Å². The normalized spacial score (nSPS) is 10.3. The summed E-state index contributed by atoms with van der Waals surface area (Å²) in [5.74, 6) is 0. The van der Waals surface area contributed by atoms with Crippen LogP contribution in [0.4, 0.5) is 5.69 Å². The molecule has 14 heavy (non-hydrogen) atoms. The molecule has 0 aromatic carbocycles. The van der Waals surface area contributed by atoms with Crippen molar-refractivity contribution in [1.29, 1.82) is 0 Å². The van der Waals surface area contributed by atoms with Gasteiger partial charge in [0.15, 0.2) is 0 Å². The number of aliphatic hydroxyl groups is 2. The van der Waals surface area contributed by atoms with Gasteiger partial charge >= 0.3 is 0 Å². The predicted octanol–water partition coefficient (Wildman–Crippen LogP) is 0.311. The van der Waals surface area contributed by atoms with Crippen LogP contribution in [-0.4, -0.2) is 35.4 Å². The van der Waals surface area contributed by atoms with Crippen LogP contribution < -0.4 is 4.90 Å². The molecule has 0 fully saturated rings. The van der Waals surface area contributed by atoms with E-state index in [1.54, 1.807) is 6.20 Å². The van der Waals surface area contributed by atoms with Crippen molar-refractivity contribution >= 4 is 5.69 Å². The van der Waals surface area contributed by atoms with Crippen molar-refractivity contribution in [3.05, 3.63) is 23.5 Å². The minimum absolute atomic E-state index is 0.0294. The summed E-state index contributed by atoms with van der Waals surface area (Å²) in [5, 5.41) is 17.9. The minimum Gasteiger partial charge on any atom is -0.395 e. The monoisotopic (exact) mass is 196 g/mol. The van der Waals surface area contributed by atoms with E-state index in [2.05, 4.69) is 4.98 Å². The Kier molecular flexibility index (Phi) is 3.85. The van der Waals surface area contributed by atoms with Crippen LogP contribution in [0.25, 0.3) is 0 Å². The fourth-order valence-corrected chi connectivity index (χ4v) is 1.32. The largest absolute Gasteiger partial charge is 0.395 e. The molecule has 0 unspecified atom stereocenters. The van der Waals surface area contributed by atoms with E-state index in [-0.39, 0.29) is 13.2 Å². The molecule has 0 saturated heterocycles. The zero-order chi connectivity index (χ0) is 10.6. The maximum atomic E-state index is 9.10.